The van der Waals surface area contributed by atoms with Gasteiger partial charge in [0.2, 0.25) is 0 Å². The van der Waals surface area contributed by atoms with Crippen molar-refractivity contribution >= 4 is 36.5 Å². The Hall–Kier alpha value is -2.16. The number of carboxylic acids is 1. The molecule has 1 aromatic heterocycles. The number of aliphatic carboxylic acids is 1. The van der Waals surface area contributed by atoms with E-state index in [0.717, 1.165) is 17.0 Å². The number of carboxylic acid groups (broad SMARTS) is 1. The van der Waals surface area contributed by atoms with Crippen LogP contribution in [-0.4, -0.2) is 31.6 Å². The van der Waals surface area contributed by atoms with Crippen molar-refractivity contribution < 1.29 is 14.8 Å². The second-order valence-electron chi connectivity index (χ2n) is 5.62. The van der Waals surface area contributed by atoms with E-state index in [0.29, 0.717) is 25.1 Å². The van der Waals surface area contributed by atoms with E-state index in [1.165, 1.54) is 6.07 Å². The Morgan fingerprint density at radius 3 is 2.80 bits per heavy atom. The highest BCUT2D eigenvalue weighted by atomic mass is 35.5. The van der Waals surface area contributed by atoms with Crippen LogP contribution >= 0.6 is 24.8 Å². The number of carbonyl (C=O) groups is 1. The van der Waals surface area contributed by atoms with Crippen LogP contribution in [0.1, 0.15) is 22.5 Å². The molecule has 1 aliphatic rings. The minimum absolute atomic E-state index is 0. The van der Waals surface area contributed by atoms with E-state index in [1.54, 1.807) is 25.4 Å². The smallest absolute Gasteiger partial charge is 0.321 e. The molecule has 0 aliphatic carbocycles. The third-order valence-corrected chi connectivity index (χ3v) is 4.06. The minimum Gasteiger partial charge on any atom is -0.480 e. The van der Waals surface area contributed by atoms with E-state index in [2.05, 4.69) is 10.3 Å². The van der Waals surface area contributed by atoms with Crippen LogP contribution < -0.4 is 5.32 Å². The molecular formula is C15H18Cl2N4O4. The summed E-state index contributed by atoms with van der Waals surface area (Å²) >= 11 is 0. The first-order valence-corrected chi connectivity index (χ1v) is 7.18. The molecule has 0 saturated carbocycles. The van der Waals surface area contributed by atoms with Crippen LogP contribution in [0.25, 0.3) is 0 Å². The van der Waals surface area contributed by atoms with Crippen molar-refractivity contribution in [3.05, 3.63) is 57.2 Å². The molecule has 0 spiro atoms. The summed E-state index contributed by atoms with van der Waals surface area (Å²) in [4.78, 5) is 25.9. The van der Waals surface area contributed by atoms with E-state index in [-0.39, 0.29) is 30.5 Å². The molecule has 10 heteroatoms. The Labute approximate surface area is 156 Å². The van der Waals surface area contributed by atoms with Crippen LogP contribution in [0.2, 0.25) is 0 Å². The molecule has 1 aliphatic heterocycles. The number of nitro groups is 1. The molecule has 25 heavy (non-hydrogen) atoms. The maximum absolute atomic E-state index is 11.1. The third kappa shape index (κ3) is 4.28. The molecule has 0 bridgehead atoms. The molecule has 0 radical (unpaired) electrons. The molecule has 3 rings (SSSR count). The molecule has 0 unspecified atom stereocenters. The lowest BCUT2D eigenvalue weighted by Crippen LogP contribution is -2.42. The Kier molecular flexibility index (Phi) is 6.92. The standard InChI is InChI=1S/C15H16N4O4.2ClH/c1-9-4-10(2-3-13(9)19(22)23)7-18-8-17-12-6-16-11(15(20)21)5-14(12)18;;/h2-4,8,11,16H,5-7H2,1H3,(H,20,21);2*1H/t11-;;/m0../s1. The largest absolute Gasteiger partial charge is 0.480 e. The van der Waals surface area contributed by atoms with Crippen LogP contribution in [0.4, 0.5) is 5.69 Å². The number of imidazole rings is 1. The first kappa shape index (κ1) is 20.9. The van der Waals surface area contributed by atoms with Gasteiger partial charge in [0.15, 0.2) is 0 Å². The fraction of sp³-hybridized carbons (Fsp3) is 0.333. The zero-order chi connectivity index (χ0) is 16.6. The Bertz CT molecular complexity index is 794. The predicted octanol–water partition coefficient (Wildman–Crippen LogP) is 2.09. The van der Waals surface area contributed by atoms with Crippen molar-refractivity contribution in [2.45, 2.75) is 32.5 Å². The highest BCUT2D eigenvalue weighted by Crippen LogP contribution is 2.21. The van der Waals surface area contributed by atoms with Crippen LogP contribution in [0.3, 0.4) is 0 Å². The zero-order valence-corrected chi connectivity index (χ0v) is 15.0. The van der Waals surface area contributed by atoms with Gasteiger partial charge in [-0.1, -0.05) is 6.07 Å². The number of nitrogens with one attached hydrogen (secondary N) is 1. The topological polar surface area (TPSA) is 110 Å². The van der Waals surface area contributed by atoms with Crippen molar-refractivity contribution in [2.75, 3.05) is 0 Å². The van der Waals surface area contributed by atoms with Crippen molar-refractivity contribution in [1.29, 1.82) is 0 Å². The first-order valence-electron chi connectivity index (χ1n) is 7.18. The number of nitrogens with zero attached hydrogens (tertiary/aromatic N) is 3. The second kappa shape index (κ2) is 8.28. The molecule has 1 atom stereocenters. The minimum atomic E-state index is -0.880. The van der Waals surface area contributed by atoms with Gasteiger partial charge in [-0.25, -0.2) is 4.98 Å². The number of benzene rings is 1. The molecule has 136 valence electrons. The number of hydrogen-bond acceptors (Lipinski definition) is 5. The van der Waals surface area contributed by atoms with Crippen molar-refractivity contribution in [1.82, 2.24) is 14.9 Å². The molecule has 0 saturated heterocycles. The summed E-state index contributed by atoms with van der Waals surface area (Å²) in [6, 6.07) is 4.37. The lowest BCUT2D eigenvalue weighted by molar-refractivity contribution is -0.385. The van der Waals surface area contributed by atoms with Gasteiger partial charge in [-0.05, 0) is 18.6 Å². The lowest BCUT2D eigenvalue weighted by atomic mass is 10.0. The quantitative estimate of drug-likeness (QED) is 0.612. The highest BCUT2D eigenvalue weighted by molar-refractivity contribution is 5.85. The van der Waals surface area contributed by atoms with E-state index in [4.69, 9.17) is 5.11 Å². The molecule has 1 aromatic carbocycles. The van der Waals surface area contributed by atoms with Gasteiger partial charge in [0.1, 0.15) is 6.04 Å². The van der Waals surface area contributed by atoms with Gasteiger partial charge < -0.3 is 9.67 Å². The van der Waals surface area contributed by atoms with Gasteiger partial charge in [-0.2, -0.15) is 0 Å². The summed E-state index contributed by atoms with van der Waals surface area (Å²) in [7, 11) is 0. The van der Waals surface area contributed by atoms with Gasteiger partial charge in [0.25, 0.3) is 5.69 Å². The van der Waals surface area contributed by atoms with Crippen LogP contribution in [-0.2, 0) is 24.3 Å². The third-order valence-electron chi connectivity index (χ3n) is 4.06. The number of aryl methyl sites for hydroxylation is 1. The number of halogens is 2. The molecule has 0 fully saturated rings. The predicted molar refractivity (Wildman–Crippen MR) is 95.6 cm³/mol. The van der Waals surface area contributed by atoms with Crippen LogP contribution in [0.15, 0.2) is 24.5 Å². The van der Waals surface area contributed by atoms with Gasteiger partial charge in [0, 0.05) is 36.8 Å². The lowest BCUT2D eigenvalue weighted by Gasteiger charge is -2.21. The zero-order valence-electron chi connectivity index (χ0n) is 13.3. The van der Waals surface area contributed by atoms with E-state index < -0.39 is 16.9 Å². The van der Waals surface area contributed by atoms with E-state index in [9.17, 15) is 14.9 Å². The molecular weight excluding hydrogens is 371 g/mol. The number of nitro benzene ring substituents is 1. The second-order valence-corrected chi connectivity index (χ2v) is 5.62. The maximum Gasteiger partial charge on any atom is 0.321 e. The summed E-state index contributed by atoms with van der Waals surface area (Å²) in [5.41, 5.74) is 3.36. The summed E-state index contributed by atoms with van der Waals surface area (Å²) < 4.78 is 1.91. The Morgan fingerprint density at radius 1 is 1.48 bits per heavy atom. The highest BCUT2D eigenvalue weighted by Gasteiger charge is 2.27. The SMILES string of the molecule is Cc1cc(Cn2cnc3c2C[C@@H](C(=O)O)NC3)ccc1[N+](=O)[O-].Cl.Cl. The summed E-state index contributed by atoms with van der Waals surface area (Å²) in [6.45, 7) is 2.64. The van der Waals surface area contributed by atoms with Crippen molar-refractivity contribution in [2.24, 2.45) is 0 Å². The van der Waals surface area contributed by atoms with Crippen molar-refractivity contribution in [3.8, 4) is 0 Å². The average molecular weight is 389 g/mol. The number of hydrogen-bond donors (Lipinski definition) is 2. The van der Waals surface area contributed by atoms with Gasteiger partial charge in [-0.15, -0.1) is 24.8 Å². The normalized spacial score (nSPS) is 15.5. The first-order chi connectivity index (χ1) is 11.0. The number of fused-ring (bicyclic) bond motifs is 1. The van der Waals surface area contributed by atoms with Crippen LogP contribution in [0.5, 0.6) is 0 Å². The molecule has 2 N–H and O–H groups in total. The summed E-state index contributed by atoms with van der Waals surface area (Å²) in [6.07, 6.45) is 2.06. The van der Waals surface area contributed by atoms with Crippen LogP contribution in [0, 0.1) is 17.0 Å². The fourth-order valence-corrected chi connectivity index (χ4v) is 2.85. The Morgan fingerprint density at radius 2 is 2.20 bits per heavy atom. The fourth-order valence-electron chi connectivity index (χ4n) is 2.85. The summed E-state index contributed by atoms with van der Waals surface area (Å²) in [5, 5.41) is 22.9. The molecule has 2 aromatic rings. The Balaban J connectivity index is 0.00000156. The van der Waals surface area contributed by atoms with E-state index in [1.807, 2.05) is 4.57 Å². The van der Waals surface area contributed by atoms with Crippen molar-refractivity contribution in [3.63, 3.8) is 0 Å². The average Bonchev–Trinajstić information content (AvgIpc) is 2.89. The molecule has 0 amide bonds. The van der Waals surface area contributed by atoms with Gasteiger partial charge >= 0.3 is 5.97 Å². The number of aromatic nitrogens is 2. The van der Waals surface area contributed by atoms with Gasteiger partial charge in [0.05, 0.1) is 16.9 Å². The molecule has 2 heterocycles. The maximum atomic E-state index is 11.1. The monoisotopic (exact) mass is 388 g/mol. The number of rotatable bonds is 4. The van der Waals surface area contributed by atoms with E-state index >= 15 is 0 Å². The molecule has 8 nitrogen and oxygen atoms in total. The van der Waals surface area contributed by atoms with Gasteiger partial charge in [-0.3, -0.25) is 20.2 Å². The summed E-state index contributed by atoms with van der Waals surface area (Å²) in [5.74, 6) is -0.880.